The van der Waals surface area contributed by atoms with E-state index in [-0.39, 0.29) is 11.6 Å². The quantitative estimate of drug-likeness (QED) is 0.708. The van der Waals surface area contributed by atoms with Crippen LogP contribution in [0, 0.1) is 12.7 Å². The molecule has 142 valence electrons. The summed E-state index contributed by atoms with van der Waals surface area (Å²) in [5.74, 6) is 1.05. The predicted molar refractivity (Wildman–Crippen MR) is 103 cm³/mol. The molecule has 1 unspecified atom stereocenters. The molecule has 1 aliphatic rings. The Morgan fingerprint density at radius 1 is 1.22 bits per heavy atom. The number of hydrogen-bond donors (Lipinski definition) is 0. The second kappa shape index (κ2) is 7.15. The number of methoxy groups -OCH3 is 1. The van der Waals surface area contributed by atoms with E-state index < -0.39 is 0 Å². The molecule has 1 saturated heterocycles. The molecule has 0 aliphatic carbocycles. The first kappa shape index (κ1) is 17.7. The maximum atomic E-state index is 14.0. The van der Waals surface area contributed by atoms with Crippen molar-refractivity contribution in [3.8, 4) is 5.75 Å². The molecule has 6 nitrogen and oxygen atoms in total. The zero-order chi connectivity index (χ0) is 19.0. The van der Waals surface area contributed by atoms with Gasteiger partial charge in [-0.1, -0.05) is 6.07 Å². The van der Waals surface area contributed by atoms with Gasteiger partial charge in [-0.05, 0) is 31.5 Å². The van der Waals surface area contributed by atoms with E-state index >= 15 is 0 Å². The monoisotopic (exact) mass is 369 g/mol. The fourth-order valence-electron chi connectivity index (χ4n) is 3.72. The van der Waals surface area contributed by atoms with Gasteiger partial charge in [0.25, 0.3) is 0 Å². The molecular formula is C20H24FN5O. The Morgan fingerprint density at radius 3 is 2.81 bits per heavy atom. The summed E-state index contributed by atoms with van der Waals surface area (Å²) >= 11 is 0. The Bertz CT molecular complexity index is 957. The Hall–Kier alpha value is -2.67. The number of aryl methyl sites for hydroxylation is 1. The van der Waals surface area contributed by atoms with Crippen LogP contribution in [0.4, 0.5) is 10.2 Å². The summed E-state index contributed by atoms with van der Waals surface area (Å²) < 4.78 is 20.9. The first-order valence-corrected chi connectivity index (χ1v) is 9.18. The molecule has 2 aromatic heterocycles. The van der Waals surface area contributed by atoms with Gasteiger partial charge in [-0.2, -0.15) is 9.61 Å². The number of rotatable bonds is 4. The van der Waals surface area contributed by atoms with Crippen LogP contribution in [0.25, 0.3) is 5.65 Å². The Kier molecular flexibility index (Phi) is 4.70. The highest BCUT2D eigenvalue weighted by Crippen LogP contribution is 2.23. The van der Waals surface area contributed by atoms with E-state index in [1.807, 2.05) is 23.6 Å². The Labute approximate surface area is 158 Å². The highest BCUT2D eigenvalue weighted by atomic mass is 19.1. The highest BCUT2D eigenvalue weighted by Gasteiger charge is 2.25. The van der Waals surface area contributed by atoms with Crippen molar-refractivity contribution in [1.29, 1.82) is 0 Å². The van der Waals surface area contributed by atoms with Crippen molar-refractivity contribution in [3.05, 3.63) is 53.6 Å². The van der Waals surface area contributed by atoms with E-state index in [0.717, 1.165) is 48.9 Å². The number of hydrogen-bond acceptors (Lipinski definition) is 5. The van der Waals surface area contributed by atoms with Crippen LogP contribution in [0.1, 0.15) is 18.2 Å². The molecule has 1 atom stereocenters. The van der Waals surface area contributed by atoms with E-state index in [1.54, 1.807) is 18.3 Å². The normalized spacial score (nSPS) is 18.2. The fraction of sp³-hybridized carbons (Fsp3) is 0.400. The summed E-state index contributed by atoms with van der Waals surface area (Å²) in [6.45, 7) is 7.62. The molecule has 7 heteroatoms. The molecule has 0 bridgehead atoms. The van der Waals surface area contributed by atoms with Gasteiger partial charge in [-0.15, -0.1) is 0 Å². The van der Waals surface area contributed by atoms with Crippen LogP contribution in [0.5, 0.6) is 5.75 Å². The van der Waals surface area contributed by atoms with Gasteiger partial charge in [0, 0.05) is 50.0 Å². The van der Waals surface area contributed by atoms with Crippen LogP contribution in [0.3, 0.4) is 0 Å². The summed E-state index contributed by atoms with van der Waals surface area (Å²) in [7, 11) is 1.48. The minimum absolute atomic E-state index is 0.285. The van der Waals surface area contributed by atoms with Crippen LogP contribution in [0.2, 0.25) is 0 Å². The molecule has 3 aromatic rings. The molecule has 1 aromatic carbocycles. The van der Waals surface area contributed by atoms with E-state index in [1.165, 1.54) is 7.11 Å². The Balaban J connectivity index is 1.49. The van der Waals surface area contributed by atoms with Crippen LogP contribution in [0.15, 0.2) is 36.5 Å². The number of nitrogens with zero attached hydrogens (tertiary/aromatic N) is 5. The second-order valence-corrected chi connectivity index (χ2v) is 7.09. The van der Waals surface area contributed by atoms with Crippen LogP contribution < -0.4 is 9.64 Å². The standard InChI is InChI=1S/C20H24FN5O/c1-14-10-20(26-19(23-14)6-7-22-26)25-9-8-24(15(2)12-25)13-16-4-5-18(27-3)17(21)11-16/h4-7,10-11,15H,8-9,12-13H2,1-3H3. The van der Waals surface area contributed by atoms with E-state index in [2.05, 4.69) is 32.9 Å². The summed E-state index contributed by atoms with van der Waals surface area (Å²) in [5, 5.41) is 4.42. The molecule has 0 saturated carbocycles. The molecule has 0 N–H and O–H groups in total. The van der Waals surface area contributed by atoms with Gasteiger partial charge in [0.1, 0.15) is 5.82 Å². The van der Waals surface area contributed by atoms with Crippen molar-refractivity contribution < 1.29 is 9.13 Å². The van der Waals surface area contributed by atoms with Crippen molar-refractivity contribution in [2.75, 3.05) is 31.6 Å². The van der Waals surface area contributed by atoms with E-state index in [0.29, 0.717) is 6.04 Å². The molecular weight excluding hydrogens is 345 g/mol. The topological polar surface area (TPSA) is 45.9 Å². The van der Waals surface area contributed by atoms with Crippen molar-refractivity contribution in [3.63, 3.8) is 0 Å². The smallest absolute Gasteiger partial charge is 0.165 e. The summed E-state index contributed by atoms with van der Waals surface area (Å²) in [4.78, 5) is 9.25. The largest absolute Gasteiger partial charge is 0.494 e. The first-order valence-electron chi connectivity index (χ1n) is 9.18. The van der Waals surface area contributed by atoms with Gasteiger partial charge in [-0.3, -0.25) is 4.90 Å². The lowest BCUT2D eigenvalue weighted by atomic mass is 10.1. The number of anilines is 1. The van der Waals surface area contributed by atoms with Gasteiger partial charge in [0.05, 0.1) is 13.3 Å². The third kappa shape index (κ3) is 3.47. The SMILES string of the molecule is COc1ccc(CN2CCN(c3cc(C)nc4ccnn34)CC2C)cc1F. The lowest BCUT2D eigenvalue weighted by Gasteiger charge is -2.41. The molecule has 4 rings (SSSR count). The fourth-order valence-corrected chi connectivity index (χ4v) is 3.72. The van der Waals surface area contributed by atoms with Crippen LogP contribution in [-0.2, 0) is 6.54 Å². The molecule has 0 radical (unpaired) electrons. The Morgan fingerprint density at radius 2 is 2.07 bits per heavy atom. The number of halogens is 1. The summed E-state index contributed by atoms with van der Waals surface area (Å²) in [6, 6.07) is 9.54. The van der Waals surface area contributed by atoms with Crippen molar-refractivity contribution in [2.24, 2.45) is 0 Å². The van der Waals surface area contributed by atoms with Crippen molar-refractivity contribution in [1.82, 2.24) is 19.5 Å². The van der Waals surface area contributed by atoms with Gasteiger partial charge in [-0.25, -0.2) is 9.37 Å². The predicted octanol–water partition coefficient (Wildman–Crippen LogP) is 2.90. The van der Waals surface area contributed by atoms with E-state index in [9.17, 15) is 4.39 Å². The molecule has 3 heterocycles. The first-order chi connectivity index (χ1) is 13.0. The minimum Gasteiger partial charge on any atom is -0.494 e. The number of piperazine rings is 1. The van der Waals surface area contributed by atoms with Gasteiger partial charge < -0.3 is 9.64 Å². The maximum absolute atomic E-state index is 14.0. The van der Waals surface area contributed by atoms with Gasteiger partial charge in [0.15, 0.2) is 17.2 Å². The highest BCUT2D eigenvalue weighted by molar-refractivity contribution is 5.51. The number of aromatic nitrogens is 3. The van der Waals surface area contributed by atoms with Crippen LogP contribution in [-0.4, -0.2) is 52.3 Å². The zero-order valence-electron chi connectivity index (χ0n) is 15.9. The molecule has 1 aliphatic heterocycles. The number of fused-ring (bicyclic) bond motifs is 1. The molecule has 0 spiro atoms. The maximum Gasteiger partial charge on any atom is 0.165 e. The average Bonchev–Trinajstić information content (AvgIpc) is 3.11. The van der Waals surface area contributed by atoms with Crippen molar-refractivity contribution in [2.45, 2.75) is 26.4 Å². The second-order valence-electron chi connectivity index (χ2n) is 7.09. The third-order valence-electron chi connectivity index (χ3n) is 5.16. The molecule has 1 fully saturated rings. The summed E-state index contributed by atoms with van der Waals surface area (Å²) in [5.41, 5.74) is 2.82. The number of ether oxygens (including phenoxy) is 1. The van der Waals surface area contributed by atoms with Gasteiger partial charge in [0.2, 0.25) is 0 Å². The minimum atomic E-state index is -0.311. The average molecular weight is 369 g/mol. The number of benzene rings is 1. The van der Waals surface area contributed by atoms with Crippen LogP contribution >= 0.6 is 0 Å². The third-order valence-corrected chi connectivity index (χ3v) is 5.16. The van der Waals surface area contributed by atoms with E-state index in [4.69, 9.17) is 4.74 Å². The lowest BCUT2D eigenvalue weighted by Crippen LogP contribution is -2.52. The molecule has 27 heavy (non-hydrogen) atoms. The lowest BCUT2D eigenvalue weighted by molar-refractivity contribution is 0.180. The molecule has 0 amide bonds. The summed E-state index contributed by atoms with van der Waals surface area (Å²) in [6.07, 6.45) is 1.78. The van der Waals surface area contributed by atoms with Crippen molar-refractivity contribution >= 4 is 11.5 Å². The zero-order valence-corrected chi connectivity index (χ0v) is 15.9. The van der Waals surface area contributed by atoms with Gasteiger partial charge >= 0.3 is 0 Å².